The molecule has 0 radical (unpaired) electrons. The van der Waals surface area contributed by atoms with Crippen LogP contribution in [0, 0.1) is 0 Å². The maximum atomic E-state index is 12.1. The molecule has 0 amide bonds. The van der Waals surface area contributed by atoms with Crippen molar-refractivity contribution in [2.24, 2.45) is 5.14 Å². The summed E-state index contributed by atoms with van der Waals surface area (Å²) < 4.78 is 23.2. The molecule has 0 saturated heterocycles. The first-order valence-electron chi connectivity index (χ1n) is 4.29. The zero-order valence-corrected chi connectivity index (χ0v) is 12.2. The van der Waals surface area contributed by atoms with E-state index in [1.165, 1.54) is 11.3 Å². The molecule has 8 heteroatoms. The zero-order valence-electron chi connectivity index (χ0n) is 8.21. The van der Waals surface area contributed by atoms with Crippen LogP contribution >= 0.6 is 38.6 Å². The molecule has 4 nitrogen and oxygen atoms in total. The summed E-state index contributed by atoms with van der Waals surface area (Å²) >= 11 is 5.41. The van der Waals surface area contributed by atoms with Gasteiger partial charge < -0.3 is 0 Å². The van der Waals surface area contributed by atoms with Crippen molar-refractivity contribution in [2.45, 2.75) is 4.90 Å². The van der Waals surface area contributed by atoms with Crippen LogP contribution in [0.15, 0.2) is 32.3 Å². The summed E-state index contributed by atoms with van der Waals surface area (Å²) in [7, 11) is -3.91. The number of carbonyl (C=O) groups is 1. The SMILES string of the molecule is NS(=O)(=O)c1c(Br)csc1C(=O)c1cccs1. The van der Waals surface area contributed by atoms with Crippen LogP contribution in [0.2, 0.25) is 0 Å². The molecule has 0 aliphatic rings. The van der Waals surface area contributed by atoms with Gasteiger partial charge in [0.15, 0.2) is 0 Å². The minimum absolute atomic E-state index is 0.138. The van der Waals surface area contributed by atoms with Crippen LogP contribution in [0.1, 0.15) is 14.5 Å². The first-order chi connectivity index (χ1) is 7.91. The number of hydrogen-bond donors (Lipinski definition) is 1. The summed E-state index contributed by atoms with van der Waals surface area (Å²) in [6, 6.07) is 3.38. The van der Waals surface area contributed by atoms with Crippen molar-refractivity contribution in [3.05, 3.63) is 37.1 Å². The van der Waals surface area contributed by atoms with Gasteiger partial charge in [0.05, 0.1) is 9.75 Å². The van der Waals surface area contributed by atoms with Crippen molar-refractivity contribution in [2.75, 3.05) is 0 Å². The lowest BCUT2D eigenvalue weighted by atomic mass is 10.3. The van der Waals surface area contributed by atoms with Gasteiger partial charge in [0, 0.05) is 9.85 Å². The number of carbonyl (C=O) groups excluding carboxylic acids is 1. The van der Waals surface area contributed by atoms with Gasteiger partial charge in [-0.3, -0.25) is 4.79 Å². The van der Waals surface area contributed by atoms with Crippen LogP contribution in [0.4, 0.5) is 0 Å². The first kappa shape index (κ1) is 12.9. The van der Waals surface area contributed by atoms with Crippen molar-refractivity contribution in [3.8, 4) is 0 Å². The lowest BCUT2D eigenvalue weighted by Gasteiger charge is -2.00. The Hall–Kier alpha value is -0.540. The third kappa shape index (κ3) is 2.50. The van der Waals surface area contributed by atoms with Crippen molar-refractivity contribution < 1.29 is 13.2 Å². The van der Waals surface area contributed by atoms with Crippen molar-refractivity contribution in [1.29, 1.82) is 0 Å². The molecule has 0 unspecified atom stereocenters. The normalized spacial score (nSPS) is 11.6. The maximum Gasteiger partial charge on any atom is 0.240 e. The summed E-state index contributed by atoms with van der Waals surface area (Å²) in [6.45, 7) is 0. The van der Waals surface area contributed by atoms with E-state index in [9.17, 15) is 13.2 Å². The van der Waals surface area contributed by atoms with E-state index in [1.807, 2.05) is 0 Å². The number of ketones is 1. The molecule has 2 rings (SSSR count). The number of nitrogens with two attached hydrogens (primary N) is 1. The molecule has 0 saturated carbocycles. The van der Waals surface area contributed by atoms with E-state index in [4.69, 9.17) is 5.14 Å². The molecule has 0 aliphatic carbocycles. The Morgan fingerprint density at radius 3 is 2.59 bits per heavy atom. The Balaban J connectivity index is 2.59. The van der Waals surface area contributed by atoms with Gasteiger partial charge in [-0.15, -0.1) is 22.7 Å². The highest BCUT2D eigenvalue weighted by molar-refractivity contribution is 9.10. The fraction of sp³-hybridized carbons (Fsp3) is 0. The molecule has 2 aromatic rings. The van der Waals surface area contributed by atoms with Gasteiger partial charge in [-0.1, -0.05) is 6.07 Å². The minimum Gasteiger partial charge on any atom is -0.287 e. The summed E-state index contributed by atoms with van der Waals surface area (Å²) in [4.78, 5) is 12.6. The minimum atomic E-state index is -3.91. The van der Waals surface area contributed by atoms with Crippen LogP contribution in [0.5, 0.6) is 0 Å². The van der Waals surface area contributed by atoms with E-state index in [1.54, 1.807) is 22.9 Å². The molecule has 0 fully saturated rings. The quantitative estimate of drug-likeness (QED) is 0.862. The van der Waals surface area contributed by atoms with E-state index < -0.39 is 10.0 Å². The van der Waals surface area contributed by atoms with Gasteiger partial charge in [-0.25, -0.2) is 13.6 Å². The van der Waals surface area contributed by atoms with Gasteiger partial charge in [0.25, 0.3) is 0 Å². The van der Waals surface area contributed by atoms with E-state index in [0.29, 0.717) is 9.35 Å². The number of thiophene rings is 2. The molecule has 2 aromatic heterocycles. The smallest absolute Gasteiger partial charge is 0.240 e. The second-order valence-electron chi connectivity index (χ2n) is 3.09. The van der Waals surface area contributed by atoms with E-state index >= 15 is 0 Å². The fourth-order valence-corrected chi connectivity index (χ4v) is 5.31. The van der Waals surface area contributed by atoms with Crippen molar-refractivity contribution in [3.63, 3.8) is 0 Å². The molecule has 2 N–H and O–H groups in total. The predicted octanol–water partition coefficient (Wildman–Crippen LogP) is 2.45. The van der Waals surface area contributed by atoms with Crippen LogP contribution in [-0.2, 0) is 10.0 Å². The second kappa shape index (κ2) is 4.62. The molecule has 2 heterocycles. The van der Waals surface area contributed by atoms with Gasteiger partial charge in [-0.2, -0.15) is 0 Å². The maximum absolute atomic E-state index is 12.1. The first-order valence-corrected chi connectivity index (χ1v) is 8.39. The Kier molecular flexibility index (Phi) is 3.50. The Morgan fingerprint density at radius 1 is 1.35 bits per heavy atom. The van der Waals surface area contributed by atoms with Gasteiger partial charge in [0.2, 0.25) is 15.8 Å². The lowest BCUT2D eigenvalue weighted by Crippen LogP contribution is -2.15. The lowest BCUT2D eigenvalue weighted by molar-refractivity contribution is 0.104. The van der Waals surface area contributed by atoms with Gasteiger partial charge in [-0.05, 0) is 27.4 Å². The van der Waals surface area contributed by atoms with Gasteiger partial charge >= 0.3 is 0 Å². The molecular formula is C9H6BrNO3S3. The average Bonchev–Trinajstić information content (AvgIpc) is 2.83. The van der Waals surface area contributed by atoms with Crippen LogP contribution in [-0.4, -0.2) is 14.2 Å². The van der Waals surface area contributed by atoms with E-state index in [2.05, 4.69) is 15.9 Å². The largest absolute Gasteiger partial charge is 0.287 e. The molecule has 0 bridgehead atoms. The van der Waals surface area contributed by atoms with E-state index in [-0.39, 0.29) is 15.6 Å². The number of primary sulfonamides is 1. The zero-order chi connectivity index (χ0) is 12.6. The molecule has 0 aliphatic heterocycles. The highest BCUT2D eigenvalue weighted by Crippen LogP contribution is 2.33. The number of rotatable bonds is 3. The predicted molar refractivity (Wildman–Crippen MR) is 71.1 cm³/mol. The Labute approximate surface area is 114 Å². The molecule has 17 heavy (non-hydrogen) atoms. The Bertz CT molecular complexity index is 658. The second-order valence-corrected chi connectivity index (χ2v) is 7.27. The standard InChI is InChI=1S/C9H6BrNO3S3/c10-5-4-16-8(9(5)17(11,13)14)7(12)6-2-1-3-15-6/h1-4H,(H2,11,13,14). The van der Waals surface area contributed by atoms with Gasteiger partial charge in [0.1, 0.15) is 4.90 Å². The number of sulfonamides is 1. The highest BCUT2D eigenvalue weighted by atomic mass is 79.9. The molecule has 0 aromatic carbocycles. The van der Waals surface area contributed by atoms with E-state index in [0.717, 1.165) is 11.3 Å². The summed E-state index contributed by atoms with van der Waals surface area (Å²) in [5.41, 5.74) is 0. The monoisotopic (exact) mass is 351 g/mol. The van der Waals surface area contributed by atoms with Crippen LogP contribution in [0.25, 0.3) is 0 Å². The summed E-state index contributed by atoms with van der Waals surface area (Å²) in [5.74, 6) is -0.320. The highest BCUT2D eigenvalue weighted by Gasteiger charge is 2.26. The molecule has 90 valence electrons. The molecule has 0 atom stereocenters. The molecule has 0 spiro atoms. The topological polar surface area (TPSA) is 77.2 Å². The average molecular weight is 352 g/mol. The third-order valence-corrected chi connectivity index (χ3v) is 6.10. The fourth-order valence-electron chi connectivity index (χ4n) is 1.27. The van der Waals surface area contributed by atoms with Crippen LogP contribution < -0.4 is 5.14 Å². The molecular weight excluding hydrogens is 346 g/mol. The summed E-state index contributed by atoms with van der Waals surface area (Å²) in [6.07, 6.45) is 0. The van der Waals surface area contributed by atoms with Crippen molar-refractivity contribution >= 4 is 54.4 Å². The number of halogens is 1. The number of hydrogen-bond acceptors (Lipinski definition) is 5. The summed E-state index contributed by atoms with van der Waals surface area (Å²) in [5, 5.41) is 8.39. The van der Waals surface area contributed by atoms with Crippen molar-refractivity contribution in [1.82, 2.24) is 0 Å². The third-order valence-electron chi connectivity index (χ3n) is 1.94. The van der Waals surface area contributed by atoms with Crippen LogP contribution in [0.3, 0.4) is 0 Å². The Morgan fingerprint density at radius 2 is 2.06 bits per heavy atom.